The lowest BCUT2D eigenvalue weighted by atomic mass is 10.1. The van der Waals surface area contributed by atoms with E-state index in [1.807, 2.05) is 13.8 Å². The number of amides is 1. The standard InChI is InChI=1S/C19H24N2O4S/c1-5-14(3)20-19(22)15-7-6-13(2)18(12-15)21-26(23,24)17-10-8-16(25-4)9-11-17/h6-12,14,21H,5H2,1-4H3,(H,20,22)/t14-/m0/s1. The molecule has 2 rings (SSSR count). The molecule has 0 aromatic heterocycles. The highest BCUT2D eigenvalue weighted by atomic mass is 32.2. The quantitative estimate of drug-likeness (QED) is 0.776. The molecule has 0 aliphatic heterocycles. The largest absolute Gasteiger partial charge is 0.497 e. The van der Waals surface area contributed by atoms with E-state index in [0.29, 0.717) is 17.0 Å². The summed E-state index contributed by atoms with van der Waals surface area (Å²) in [5.74, 6) is 0.341. The second-order valence-electron chi connectivity index (χ2n) is 6.09. The SMILES string of the molecule is CC[C@H](C)NC(=O)c1ccc(C)c(NS(=O)(=O)c2ccc(OC)cc2)c1. The van der Waals surface area contributed by atoms with E-state index in [2.05, 4.69) is 10.0 Å². The first kappa shape index (κ1) is 19.8. The molecule has 0 fully saturated rings. The minimum Gasteiger partial charge on any atom is -0.497 e. The number of carbonyl (C=O) groups excluding carboxylic acids is 1. The summed E-state index contributed by atoms with van der Waals surface area (Å²) in [5, 5.41) is 2.87. The lowest BCUT2D eigenvalue weighted by Gasteiger charge is -2.14. The normalized spacial score (nSPS) is 12.3. The molecule has 2 aromatic carbocycles. The van der Waals surface area contributed by atoms with Crippen molar-refractivity contribution in [3.05, 3.63) is 53.6 Å². The highest BCUT2D eigenvalue weighted by Crippen LogP contribution is 2.23. The maximum atomic E-state index is 12.6. The van der Waals surface area contributed by atoms with Crippen molar-refractivity contribution < 1.29 is 17.9 Å². The fraction of sp³-hybridized carbons (Fsp3) is 0.316. The first-order valence-electron chi connectivity index (χ1n) is 8.35. The van der Waals surface area contributed by atoms with Crippen molar-refractivity contribution in [1.29, 1.82) is 0 Å². The molecule has 0 heterocycles. The van der Waals surface area contributed by atoms with Gasteiger partial charge in [0.25, 0.3) is 15.9 Å². The lowest BCUT2D eigenvalue weighted by Crippen LogP contribution is -2.32. The van der Waals surface area contributed by atoms with E-state index in [-0.39, 0.29) is 16.8 Å². The molecule has 2 aromatic rings. The molecule has 0 bridgehead atoms. The molecular weight excluding hydrogens is 352 g/mol. The van der Waals surface area contributed by atoms with Crippen molar-refractivity contribution in [1.82, 2.24) is 5.32 Å². The number of hydrogen-bond acceptors (Lipinski definition) is 4. The summed E-state index contributed by atoms with van der Waals surface area (Å²) in [6.45, 7) is 5.68. The van der Waals surface area contributed by atoms with E-state index >= 15 is 0 Å². The van der Waals surface area contributed by atoms with Gasteiger partial charge < -0.3 is 10.1 Å². The van der Waals surface area contributed by atoms with E-state index in [1.54, 1.807) is 37.3 Å². The molecule has 0 saturated heterocycles. The van der Waals surface area contributed by atoms with Crippen LogP contribution < -0.4 is 14.8 Å². The van der Waals surface area contributed by atoms with Crippen LogP contribution in [0.2, 0.25) is 0 Å². The number of carbonyl (C=O) groups is 1. The van der Waals surface area contributed by atoms with Gasteiger partial charge in [0.15, 0.2) is 0 Å². The number of sulfonamides is 1. The number of aryl methyl sites for hydroxylation is 1. The molecular formula is C19H24N2O4S. The third-order valence-electron chi connectivity index (χ3n) is 4.10. The number of benzene rings is 2. The molecule has 7 heteroatoms. The van der Waals surface area contributed by atoms with E-state index < -0.39 is 10.0 Å². The summed E-state index contributed by atoms with van der Waals surface area (Å²) >= 11 is 0. The van der Waals surface area contributed by atoms with Crippen LogP contribution in [0.25, 0.3) is 0 Å². The maximum Gasteiger partial charge on any atom is 0.261 e. The molecule has 0 saturated carbocycles. The molecule has 0 spiro atoms. The Hall–Kier alpha value is -2.54. The van der Waals surface area contributed by atoms with Gasteiger partial charge in [0.05, 0.1) is 17.7 Å². The summed E-state index contributed by atoms with van der Waals surface area (Å²) in [6.07, 6.45) is 0.814. The van der Waals surface area contributed by atoms with E-state index in [9.17, 15) is 13.2 Å². The van der Waals surface area contributed by atoms with Crippen LogP contribution >= 0.6 is 0 Å². The van der Waals surface area contributed by atoms with E-state index in [0.717, 1.165) is 12.0 Å². The van der Waals surface area contributed by atoms with Crippen molar-refractivity contribution in [3.8, 4) is 5.75 Å². The number of nitrogens with one attached hydrogen (secondary N) is 2. The first-order valence-corrected chi connectivity index (χ1v) is 9.83. The predicted octanol–water partition coefficient (Wildman–Crippen LogP) is 3.33. The Morgan fingerprint density at radius 1 is 1.15 bits per heavy atom. The zero-order chi connectivity index (χ0) is 19.3. The smallest absolute Gasteiger partial charge is 0.261 e. The Morgan fingerprint density at radius 3 is 2.38 bits per heavy atom. The zero-order valence-electron chi connectivity index (χ0n) is 15.4. The van der Waals surface area contributed by atoms with E-state index in [4.69, 9.17) is 4.74 Å². The highest BCUT2D eigenvalue weighted by molar-refractivity contribution is 7.92. The Bertz CT molecular complexity index is 877. The summed E-state index contributed by atoms with van der Waals surface area (Å²) < 4.78 is 32.8. The van der Waals surface area contributed by atoms with Crippen molar-refractivity contribution >= 4 is 21.6 Å². The third-order valence-corrected chi connectivity index (χ3v) is 5.49. The molecule has 26 heavy (non-hydrogen) atoms. The average molecular weight is 376 g/mol. The maximum absolute atomic E-state index is 12.6. The number of ether oxygens (including phenoxy) is 1. The van der Waals surface area contributed by atoms with E-state index in [1.165, 1.54) is 19.2 Å². The summed E-state index contributed by atoms with van der Waals surface area (Å²) in [5.41, 5.74) is 1.50. The van der Waals surface area contributed by atoms with Gasteiger partial charge in [-0.05, 0) is 62.2 Å². The van der Waals surface area contributed by atoms with Crippen LogP contribution in [-0.2, 0) is 10.0 Å². The zero-order valence-corrected chi connectivity index (χ0v) is 16.2. The van der Waals surface area contributed by atoms with Crippen molar-refractivity contribution in [2.45, 2.75) is 38.1 Å². The molecule has 6 nitrogen and oxygen atoms in total. The average Bonchev–Trinajstić information content (AvgIpc) is 2.63. The summed E-state index contributed by atoms with van der Waals surface area (Å²) in [4.78, 5) is 12.4. The Morgan fingerprint density at radius 2 is 1.81 bits per heavy atom. The predicted molar refractivity (Wildman–Crippen MR) is 102 cm³/mol. The summed E-state index contributed by atoms with van der Waals surface area (Å²) in [6, 6.07) is 11.1. The van der Waals surface area contributed by atoms with Gasteiger partial charge in [-0.1, -0.05) is 13.0 Å². The fourth-order valence-corrected chi connectivity index (χ4v) is 3.36. The van der Waals surface area contributed by atoms with Gasteiger partial charge in [-0.2, -0.15) is 0 Å². The van der Waals surface area contributed by atoms with Crippen molar-refractivity contribution in [3.63, 3.8) is 0 Å². The minimum absolute atomic E-state index is 0.0447. The van der Waals surface area contributed by atoms with Gasteiger partial charge in [-0.25, -0.2) is 8.42 Å². The second kappa shape index (κ2) is 8.23. The van der Waals surface area contributed by atoms with Gasteiger partial charge in [0, 0.05) is 11.6 Å². The third kappa shape index (κ3) is 4.76. The van der Waals surface area contributed by atoms with Gasteiger partial charge in [0.1, 0.15) is 5.75 Å². The number of anilines is 1. The second-order valence-corrected chi connectivity index (χ2v) is 7.78. The van der Waals surface area contributed by atoms with Gasteiger partial charge in [-0.15, -0.1) is 0 Å². The molecule has 0 aliphatic carbocycles. The Labute approximate surface area is 154 Å². The van der Waals surface area contributed by atoms with Gasteiger partial charge in [0.2, 0.25) is 0 Å². The van der Waals surface area contributed by atoms with Crippen LogP contribution in [0.5, 0.6) is 5.75 Å². The summed E-state index contributed by atoms with van der Waals surface area (Å²) in [7, 11) is -2.25. The number of rotatable bonds is 7. The Kier molecular flexibility index (Phi) is 6.26. The molecule has 1 amide bonds. The van der Waals surface area contributed by atoms with Crippen LogP contribution in [0, 0.1) is 6.92 Å². The minimum atomic E-state index is -3.77. The van der Waals surface area contributed by atoms with Crippen LogP contribution in [0.1, 0.15) is 36.2 Å². The molecule has 0 aliphatic rings. The molecule has 140 valence electrons. The van der Waals surface area contributed by atoms with Crippen LogP contribution in [0.3, 0.4) is 0 Å². The topological polar surface area (TPSA) is 84.5 Å². The van der Waals surface area contributed by atoms with Crippen LogP contribution in [-0.4, -0.2) is 27.5 Å². The highest BCUT2D eigenvalue weighted by Gasteiger charge is 2.17. The fourth-order valence-electron chi connectivity index (χ4n) is 2.24. The Balaban J connectivity index is 2.27. The van der Waals surface area contributed by atoms with Crippen LogP contribution in [0.4, 0.5) is 5.69 Å². The molecule has 0 unspecified atom stereocenters. The van der Waals surface area contributed by atoms with Crippen molar-refractivity contribution in [2.75, 3.05) is 11.8 Å². The molecule has 2 N–H and O–H groups in total. The number of hydrogen-bond donors (Lipinski definition) is 2. The molecule has 1 atom stereocenters. The van der Waals surface area contributed by atoms with Gasteiger partial charge in [-0.3, -0.25) is 9.52 Å². The van der Waals surface area contributed by atoms with Crippen LogP contribution in [0.15, 0.2) is 47.4 Å². The van der Waals surface area contributed by atoms with Gasteiger partial charge >= 0.3 is 0 Å². The number of methoxy groups -OCH3 is 1. The first-order chi connectivity index (χ1) is 12.3. The molecule has 0 radical (unpaired) electrons. The lowest BCUT2D eigenvalue weighted by molar-refractivity contribution is 0.0939. The van der Waals surface area contributed by atoms with Crippen molar-refractivity contribution in [2.24, 2.45) is 0 Å². The monoisotopic (exact) mass is 376 g/mol.